The lowest BCUT2D eigenvalue weighted by atomic mass is 9.93. The van der Waals surface area contributed by atoms with Gasteiger partial charge in [0.1, 0.15) is 0 Å². The summed E-state index contributed by atoms with van der Waals surface area (Å²) in [6.07, 6.45) is 6.98. The smallest absolute Gasteiger partial charge is 0.320 e. The van der Waals surface area contributed by atoms with Gasteiger partial charge in [-0.05, 0) is 24.8 Å². The summed E-state index contributed by atoms with van der Waals surface area (Å²) in [6, 6.07) is 11.0. The maximum atomic E-state index is 12.8. The first-order valence-electron chi connectivity index (χ1n) is 8.59. The van der Waals surface area contributed by atoms with Crippen molar-refractivity contribution in [3.8, 4) is 0 Å². The third-order valence-corrected chi connectivity index (χ3v) is 4.93. The Kier molecular flexibility index (Phi) is 4.98. The normalized spacial score (nSPS) is 23.9. The molecule has 0 spiro atoms. The molecule has 0 radical (unpaired) electrons. The molecular formula is C18H27N3O. The van der Waals surface area contributed by atoms with E-state index < -0.39 is 0 Å². The van der Waals surface area contributed by atoms with Gasteiger partial charge in [0, 0.05) is 31.7 Å². The number of carbonyl (C=O) groups excluding carboxylic acids is 1. The fourth-order valence-corrected chi connectivity index (χ4v) is 3.72. The van der Waals surface area contributed by atoms with Crippen LogP contribution in [-0.4, -0.2) is 47.5 Å². The molecule has 1 aliphatic heterocycles. The predicted molar refractivity (Wildman–Crippen MR) is 88.7 cm³/mol. The monoisotopic (exact) mass is 301 g/mol. The molecule has 1 aliphatic carbocycles. The molecule has 4 nitrogen and oxygen atoms in total. The molecule has 120 valence electrons. The maximum absolute atomic E-state index is 12.8. The van der Waals surface area contributed by atoms with Crippen molar-refractivity contribution in [1.29, 1.82) is 0 Å². The van der Waals surface area contributed by atoms with Gasteiger partial charge < -0.3 is 15.5 Å². The molecule has 1 atom stereocenters. The lowest BCUT2D eigenvalue weighted by Gasteiger charge is -2.44. The molecule has 0 bridgehead atoms. The van der Waals surface area contributed by atoms with Crippen LogP contribution in [0.1, 0.15) is 37.7 Å². The Morgan fingerprint density at radius 3 is 2.50 bits per heavy atom. The number of hydrogen-bond acceptors (Lipinski definition) is 2. The van der Waals surface area contributed by atoms with Crippen LogP contribution in [-0.2, 0) is 6.42 Å². The average molecular weight is 301 g/mol. The first kappa shape index (κ1) is 15.3. The highest BCUT2D eigenvalue weighted by Crippen LogP contribution is 2.25. The van der Waals surface area contributed by atoms with Gasteiger partial charge in [0.2, 0.25) is 0 Å². The Hall–Kier alpha value is -1.55. The van der Waals surface area contributed by atoms with Gasteiger partial charge in [0.05, 0.1) is 0 Å². The minimum atomic E-state index is 0.0791. The zero-order chi connectivity index (χ0) is 15.4. The minimum absolute atomic E-state index is 0.0791. The van der Waals surface area contributed by atoms with Crippen LogP contribution in [0.4, 0.5) is 4.79 Å². The molecule has 1 aromatic rings. The van der Waals surface area contributed by atoms with Crippen molar-refractivity contribution in [2.24, 2.45) is 5.73 Å². The Bertz CT molecular complexity index is 484. The van der Waals surface area contributed by atoms with Crippen molar-refractivity contribution in [3.05, 3.63) is 35.9 Å². The van der Waals surface area contributed by atoms with E-state index in [1.807, 2.05) is 23.1 Å². The average Bonchev–Trinajstić information content (AvgIpc) is 2.57. The molecule has 2 fully saturated rings. The molecule has 2 amide bonds. The number of amides is 2. The Morgan fingerprint density at radius 1 is 1.05 bits per heavy atom. The van der Waals surface area contributed by atoms with Crippen LogP contribution in [0.5, 0.6) is 0 Å². The molecule has 22 heavy (non-hydrogen) atoms. The van der Waals surface area contributed by atoms with Crippen LogP contribution in [0.25, 0.3) is 0 Å². The van der Waals surface area contributed by atoms with Gasteiger partial charge in [0.25, 0.3) is 0 Å². The van der Waals surface area contributed by atoms with Crippen molar-refractivity contribution in [2.45, 2.75) is 50.6 Å². The number of nitrogens with zero attached hydrogens (tertiary/aromatic N) is 2. The van der Waals surface area contributed by atoms with E-state index in [9.17, 15) is 4.79 Å². The molecule has 1 aromatic carbocycles. The van der Waals surface area contributed by atoms with Crippen molar-refractivity contribution in [3.63, 3.8) is 0 Å². The second-order valence-corrected chi connectivity index (χ2v) is 6.67. The molecule has 1 saturated carbocycles. The van der Waals surface area contributed by atoms with Gasteiger partial charge in [-0.1, -0.05) is 49.6 Å². The summed E-state index contributed by atoms with van der Waals surface area (Å²) < 4.78 is 0. The number of urea groups is 1. The Labute approximate surface area is 133 Å². The second-order valence-electron chi connectivity index (χ2n) is 6.67. The third kappa shape index (κ3) is 3.61. The standard InChI is InChI=1S/C18H27N3O/c19-16-13-20(12-11-15-7-3-1-4-8-15)18(22)21(14-16)17-9-5-2-6-10-17/h1,3-4,7-8,16-17H,2,5-6,9-14,19H2. The lowest BCUT2D eigenvalue weighted by Crippen LogP contribution is -2.61. The van der Waals surface area contributed by atoms with Crippen molar-refractivity contribution in [1.82, 2.24) is 9.80 Å². The second kappa shape index (κ2) is 7.14. The third-order valence-electron chi connectivity index (χ3n) is 4.93. The van der Waals surface area contributed by atoms with Gasteiger partial charge in [-0.2, -0.15) is 0 Å². The highest BCUT2D eigenvalue weighted by atomic mass is 16.2. The van der Waals surface area contributed by atoms with E-state index in [1.165, 1.54) is 24.8 Å². The van der Waals surface area contributed by atoms with E-state index >= 15 is 0 Å². The highest BCUT2D eigenvalue weighted by Gasteiger charge is 2.34. The van der Waals surface area contributed by atoms with Crippen LogP contribution >= 0.6 is 0 Å². The highest BCUT2D eigenvalue weighted by molar-refractivity contribution is 5.76. The predicted octanol–water partition coefficient (Wildman–Crippen LogP) is 2.63. The van der Waals surface area contributed by atoms with E-state index in [2.05, 4.69) is 17.0 Å². The van der Waals surface area contributed by atoms with Crippen molar-refractivity contribution >= 4 is 6.03 Å². The summed E-state index contributed by atoms with van der Waals surface area (Å²) in [5, 5.41) is 0. The first-order chi connectivity index (χ1) is 10.7. The van der Waals surface area contributed by atoms with Crippen LogP contribution in [0.2, 0.25) is 0 Å². The number of benzene rings is 1. The minimum Gasteiger partial charge on any atom is -0.325 e. The van der Waals surface area contributed by atoms with Gasteiger partial charge in [-0.15, -0.1) is 0 Å². The Balaban J connectivity index is 1.62. The lowest BCUT2D eigenvalue weighted by molar-refractivity contribution is 0.0879. The summed E-state index contributed by atoms with van der Waals surface area (Å²) in [5.41, 5.74) is 7.49. The molecular weight excluding hydrogens is 274 g/mol. The number of carbonyl (C=O) groups is 1. The number of hydrogen-bond donors (Lipinski definition) is 1. The summed E-state index contributed by atoms with van der Waals surface area (Å²) in [4.78, 5) is 16.8. The van der Waals surface area contributed by atoms with E-state index in [-0.39, 0.29) is 12.1 Å². The topological polar surface area (TPSA) is 49.6 Å². The summed E-state index contributed by atoms with van der Waals surface area (Å²) >= 11 is 0. The fraction of sp³-hybridized carbons (Fsp3) is 0.611. The van der Waals surface area contributed by atoms with Gasteiger partial charge in [0.15, 0.2) is 0 Å². The van der Waals surface area contributed by atoms with E-state index in [4.69, 9.17) is 5.73 Å². The number of rotatable bonds is 4. The molecule has 3 rings (SSSR count). The van der Waals surface area contributed by atoms with Crippen LogP contribution in [0.3, 0.4) is 0 Å². The molecule has 0 aromatic heterocycles. The molecule has 2 N–H and O–H groups in total. The molecule has 1 unspecified atom stereocenters. The molecule has 1 heterocycles. The molecule has 4 heteroatoms. The molecule has 2 aliphatic rings. The van der Waals surface area contributed by atoms with E-state index in [0.717, 1.165) is 32.4 Å². The summed E-state index contributed by atoms with van der Waals surface area (Å²) in [6.45, 7) is 2.18. The zero-order valence-electron chi connectivity index (χ0n) is 13.3. The summed E-state index contributed by atoms with van der Waals surface area (Å²) in [7, 11) is 0. The van der Waals surface area contributed by atoms with Gasteiger partial charge >= 0.3 is 6.03 Å². The molecule has 1 saturated heterocycles. The van der Waals surface area contributed by atoms with E-state index in [1.54, 1.807) is 0 Å². The number of nitrogens with two attached hydrogens (primary N) is 1. The van der Waals surface area contributed by atoms with E-state index in [0.29, 0.717) is 12.6 Å². The first-order valence-corrected chi connectivity index (χ1v) is 8.59. The quantitative estimate of drug-likeness (QED) is 0.929. The SMILES string of the molecule is NC1CN(CCc2ccccc2)C(=O)N(C2CCCCC2)C1. The zero-order valence-corrected chi connectivity index (χ0v) is 13.3. The fourth-order valence-electron chi connectivity index (χ4n) is 3.72. The van der Waals surface area contributed by atoms with Crippen molar-refractivity contribution < 1.29 is 4.79 Å². The van der Waals surface area contributed by atoms with Crippen LogP contribution in [0, 0.1) is 0 Å². The maximum Gasteiger partial charge on any atom is 0.320 e. The van der Waals surface area contributed by atoms with Crippen LogP contribution in [0.15, 0.2) is 30.3 Å². The van der Waals surface area contributed by atoms with Gasteiger partial charge in [-0.25, -0.2) is 4.79 Å². The van der Waals surface area contributed by atoms with Gasteiger partial charge in [-0.3, -0.25) is 0 Å². The summed E-state index contributed by atoms with van der Waals surface area (Å²) in [5.74, 6) is 0. The van der Waals surface area contributed by atoms with Crippen LogP contribution < -0.4 is 5.73 Å². The Morgan fingerprint density at radius 2 is 1.77 bits per heavy atom. The van der Waals surface area contributed by atoms with Crippen molar-refractivity contribution in [2.75, 3.05) is 19.6 Å². The largest absolute Gasteiger partial charge is 0.325 e.